The van der Waals surface area contributed by atoms with Crippen LogP contribution in [0.4, 0.5) is 5.82 Å². The molecule has 90 valence electrons. The summed E-state index contributed by atoms with van der Waals surface area (Å²) in [5.41, 5.74) is 1.02. The van der Waals surface area contributed by atoms with E-state index in [-0.39, 0.29) is 11.6 Å². The maximum Gasteiger partial charge on any atom is 0.339 e. The van der Waals surface area contributed by atoms with E-state index in [9.17, 15) is 9.90 Å². The van der Waals surface area contributed by atoms with Gasteiger partial charge >= 0.3 is 5.97 Å². The Hall–Kier alpha value is -1.84. The Labute approximate surface area is 100 Å². The highest BCUT2D eigenvalue weighted by molar-refractivity contribution is 5.94. The number of hydrogen-bond acceptors (Lipinski definition) is 3. The normalized spacial score (nSPS) is 19.0. The average Bonchev–Trinajstić information content (AvgIpc) is 2.30. The molecule has 0 aromatic carbocycles. The third kappa shape index (κ3) is 2.64. The van der Waals surface area contributed by atoms with Crippen LogP contribution in [0.5, 0.6) is 0 Å². The van der Waals surface area contributed by atoms with Gasteiger partial charge in [-0.1, -0.05) is 12.2 Å². The summed E-state index contributed by atoms with van der Waals surface area (Å²) in [6, 6.07) is 2.00. The van der Waals surface area contributed by atoms with Crippen molar-refractivity contribution in [1.82, 2.24) is 4.98 Å². The summed E-state index contributed by atoms with van der Waals surface area (Å²) in [5.74, 6) is -0.442. The zero-order valence-electron chi connectivity index (χ0n) is 9.81. The highest BCUT2D eigenvalue weighted by Gasteiger charge is 2.17. The van der Waals surface area contributed by atoms with E-state index in [0.29, 0.717) is 5.82 Å². The average molecular weight is 232 g/mol. The fourth-order valence-corrected chi connectivity index (χ4v) is 2.06. The minimum Gasteiger partial charge on any atom is -0.478 e. The van der Waals surface area contributed by atoms with Crippen LogP contribution >= 0.6 is 0 Å². The van der Waals surface area contributed by atoms with Gasteiger partial charge in [-0.25, -0.2) is 9.78 Å². The number of hydrogen-bond donors (Lipinski definition) is 2. The molecule has 1 unspecified atom stereocenters. The minimum absolute atomic E-state index is 0.280. The van der Waals surface area contributed by atoms with Crippen molar-refractivity contribution in [2.24, 2.45) is 0 Å². The molecule has 1 aromatic heterocycles. The Morgan fingerprint density at radius 1 is 1.53 bits per heavy atom. The first-order chi connectivity index (χ1) is 8.18. The molecule has 1 heterocycles. The standard InChI is InChI=1S/C13H16N2O2/c1-9-7-8-14-12(11(9)13(16)17)15-10-5-3-2-4-6-10/h2-3,7-8,10H,4-6H2,1H3,(H,14,15)(H,16,17). The SMILES string of the molecule is Cc1ccnc(NC2CC=CCC2)c1C(=O)O. The Morgan fingerprint density at radius 3 is 3.00 bits per heavy atom. The Balaban J connectivity index is 2.23. The van der Waals surface area contributed by atoms with Crippen LogP contribution in [0.1, 0.15) is 35.2 Å². The van der Waals surface area contributed by atoms with Gasteiger partial charge in [0, 0.05) is 12.2 Å². The number of aromatic nitrogens is 1. The summed E-state index contributed by atoms with van der Waals surface area (Å²) in [6.45, 7) is 1.79. The van der Waals surface area contributed by atoms with E-state index < -0.39 is 5.97 Å². The van der Waals surface area contributed by atoms with Gasteiger partial charge in [0.25, 0.3) is 0 Å². The lowest BCUT2D eigenvalue weighted by Crippen LogP contribution is -2.23. The molecular weight excluding hydrogens is 216 g/mol. The van der Waals surface area contributed by atoms with Crippen molar-refractivity contribution >= 4 is 11.8 Å². The van der Waals surface area contributed by atoms with Crippen LogP contribution in [0.15, 0.2) is 24.4 Å². The highest BCUT2D eigenvalue weighted by Crippen LogP contribution is 2.21. The van der Waals surface area contributed by atoms with E-state index in [1.54, 1.807) is 19.2 Å². The molecule has 0 amide bonds. The molecule has 4 nitrogen and oxygen atoms in total. The maximum atomic E-state index is 11.2. The van der Waals surface area contributed by atoms with Crippen molar-refractivity contribution < 1.29 is 9.90 Å². The molecule has 2 N–H and O–H groups in total. The topological polar surface area (TPSA) is 62.2 Å². The van der Waals surface area contributed by atoms with Gasteiger partial charge in [-0.15, -0.1) is 0 Å². The third-order valence-electron chi connectivity index (χ3n) is 2.98. The zero-order chi connectivity index (χ0) is 12.3. The third-order valence-corrected chi connectivity index (χ3v) is 2.98. The number of rotatable bonds is 3. The van der Waals surface area contributed by atoms with Gasteiger partial charge in [0.2, 0.25) is 0 Å². The Kier molecular flexibility index (Phi) is 3.42. The number of carboxylic acids is 1. The molecule has 0 radical (unpaired) electrons. The first-order valence-electron chi connectivity index (χ1n) is 5.79. The summed E-state index contributed by atoms with van der Waals surface area (Å²) < 4.78 is 0. The molecule has 1 aliphatic rings. The van der Waals surface area contributed by atoms with Crippen molar-refractivity contribution in [1.29, 1.82) is 0 Å². The number of aryl methyl sites for hydroxylation is 1. The monoisotopic (exact) mass is 232 g/mol. The van der Waals surface area contributed by atoms with Crippen LogP contribution in [0.3, 0.4) is 0 Å². The van der Waals surface area contributed by atoms with Crippen LogP contribution in [0.2, 0.25) is 0 Å². The van der Waals surface area contributed by atoms with Crippen molar-refractivity contribution in [2.75, 3.05) is 5.32 Å². The molecular formula is C13H16N2O2. The summed E-state index contributed by atoms with van der Waals surface area (Å²) in [5, 5.41) is 12.4. The Bertz CT molecular complexity index is 455. The lowest BCUT2D eigenvalue weighted by molar-refractivity contribution is 0.0696. The van der Waals surface area contributed by atoms with Gasteiger partial charge in [0.1, 0.15) is 11.4 Å². The van der Waals surface area contributed by atoms with E-state index in [1.165, 1.54) is 0 Å². The summed E-state index contributed by atoms with van der Waals surface area (Å²) in [7, 11) is 0. The molecule has 1 aliphatic carbocycles. The lowest BCUT2D eigenvalue weighted by atomic mass is 10.0. The number of carbonyl (C=O) groups is 1. The predicted molar refractivity (Wildman–Crippen MR) is 66.3 cm³/mol. The van der Waals surface area contributed by atoms with Gasteiger partial charge in [0.15, 0.2) is 0 Å². The highest BCUT2D eigenvalue weighted by atomic mass is 16.4. The van der Waals surface area contributed by atoms with Crippen molar-refractivity contribution in [3.8, 4) is 0 Å². The number of aromatic carboxylic acids is 1. The second-order valence-electron chi connectivity index (χ2n) is 4.28. The smallest absolute Gasteiger partial charge is 0.339 e. The van der Waals surface area contributed by atoms with Crippen LogP contribution in [0, 0.1) is 6.92 Å². The number of pyridine rings is 1. The van der Waals surface area contributed by atoms with Crippen LogP contribution in [0.25, 0.3) is 0 Å². The van der Waals surface area contributed by atoms with Crippen molar-refractivity contribution in [3.05, 3.63) is 35.5 Å². The predicted octanol–water partition coefficient (Wildman–Crippen LogP) is 2.61. The largest absolute Gasteiger partial charge is 0.478 e. The first-order valence-corrected chi connectivity index (χ1v) is 5.79. The fourth-order valence-electron chi connectivity index (χ4n) is 2.06. The number of nitrogens with one attached hydrogen (secondary N) is 1. The molecule has 0 bridgehead atoms. The van der Waals surface area contributed by atoms with Crippen LogP contribution in [-0.4, -0.2) is 22.1 Å². The van der Waals surface area contributed by atoms with E-state index in [2.05, 4.69) is 22.5 Å². The molecule has 0 aliphatic heterocycles. The maximum absolute atomic E-state index is 11.2. The molecule has 17 heavy (non-hydrogen) atoms. The molecule has 0 saturated heterocycles. The number of anilines is 1. The van der Waals surface area contributed by atoms with Gasteiger partial charge in [-0.2, -0.15) is 0 Å². The second kappa shape index (κ2) is 4.99. The lowest BCUT2D eigenvalue weighted by Gasteiger charge is -2.21. The Morgan fingerprint density at radius 2 is 2.35 bits per heavy atom. The van der Waals surface area contributed by atoms with Gasteiger partial charge in [-0.3, -0.25) is 0 Å². The molecule has 2 rings (SSSR count). The summed E-state index contributed by atoms with van der Waals surface area (Å²) in [4.78, 5) is 15.3. The zero-order valence-corrected chi connectivity index (χ0v) is 9.81. The number of allylic oxidation sites excluding steroid dienone is 1. The van der Waals surface area contributed by atoms with Crippen molar-refractivity contribution in [2.45, 2.75) is 32.2 Å². The summed E-state index contributed by atoms with van der Waals surface area (Å²) in [6.07, 6.45) is 8.89. The minimum atomic E-state index is -0.926. The number of nitrogens with zero attached hydrogens (tertiary/aromatic N) is 1. The van der Waals surface area contributed by atoms with Crippen LogP contribution in [-0.2, 0) is 0 Å². The van der Waals surface area contributed by atoms with Gasteiger partial charge < -0.3 is 10.4 Å². The van der Waals surface area contributed by atoms with E-state index >= 15 is 0 Å². The molecule has 1 aromatic rings. The molecule has 0 spiro atoms. The molecule has 0 saturated carbocycles. The molecule has 0 fully saturated rings. The van der Waals surface area contributed by atoms with E-state index in [0.717, 1.165) is 24.8 Å². The van der Waals surface area contributed by atoms with Gasteiger partial charge in [0.05, 0.1) is 0 Å². The molecule has 4 heteroatoms. The van der Waals surface area contributed by atoms with Crippen LogP contribution < -0.4 is 5.32 Å². The fraction of sp³-hybridized carbons (Fsp3) is 0.385. The quantitative estimate of drug-likeness (QED) is 0.786. The summed E-state index contributed by atoms with van der Waals surface area (Å²) >= 11 is 0. The number of carboxylic acid groups (broad SMARTS) is 1. The van der Waals surface area contributed by atoms with E-state index in [1.807, 2.05) is 0 Å². The molecule has 1 atom stereocenters. The van der Waals surface area contributed by atoms with Gasteiger partial charge in [-0.05, 0) is 37.8 Å². The first kappa shape index (κ1) is 11.6. The van der Waals surface area contributed by atoms with E-state index in [4.69, 9.17) is 0 Å². The van der Waals surface area contributed by atoms with Crippen molar-refractivity contribution in [3.63, 3.8) is 0 Å². The second-order valence-corrected chi connectivity index (χ2v) is 4.28.